The number of ether oxygens (including phenoxy) is 1. The molecule has 2 aromatic heterocycles. The lowest BCUT2D eigenvalue weighted by atomic mass is 9.89. The molecule has 7 nitrogen and oxygen atoms in total. The van der Waals surface area contributed by atoms with Crippen LogP contribution in [0.5, 0.6) is 5.75 Å². The van der Waals surface area contributed by atoms with Crippen LogP contribution in [0.15, 0.2) is 106 Å². The normalized spacial score (nSPS) is 13.9. The van der Waals surface area contributed by atoms with Crippen molar-refractivity contribution in [2.75, 3.05) is 0 Å². The van der Waals surface area contributed by atoms with Crippen LogP contribution in [0.1, 0.15) is 35.0 Å². The largest absolute Gasteiger partial charge is 0.488 e. The summed E-state index contributed by atoms with van der Waals surface area (Å²) in [6, 6.07) is 32.9. The van der Waals surface area contributed by atoms with Crippen LogP contribution in [-0.2, 0) is 13.2 Å². The zero-order valence-corrected chi connectivity index (χ0v) is 21.2. The molecule has 190 valence electrons. The Kier molecular flexibility index (Phi) is 5.48. The number of hydrogen-bond acceptors (Lipinski definition) is 5. The molecule has 0 saturated heterocycles. The Morgan fingerprint density at radius 2 is 1.72 bits per heavy atom. The second-order valence-corrected chi connectivity index (χ2v) is 9.60. The average Bonchev–Trinajstić information content (AvgIpc) is 3.53. The smallest absolute Gasteiger partial charge is 0.439 e. The molecule has 0 atom stereocenters. The van der Waals surface area contributed by atoms with E-state index in [4.69, 9.17) is 14.2 Å². The van der Waals surface area contributed by atoms with Gasteiger partial charge < -0.3 is 9.30 Å². The van der Waals surface area contributed by atoms with Crippen molar-refractivity contribution in [3.05, 3.63) is 136 Å². The fraction of sp³-hybridized carbons (Fsp3) is 0.0938. The lowest BCUT2D eigenvalue weighted by molar-refractivity contribution is 0.307. The molecule has 0 saturated carbocycles. The molecule has 7 rings (SSSR count). The van der Waals surface area contributed by atoms with Crippen LogP contribution in [0.2, 0.25) is 0 Å². The van der Waals surface area contributed by atoms with Crippen LogP contribution in [0.25, 0.3) is 33.6 Å². The second-order valence-electron chi connectivity index (χ2n) is 9.60. The number of allylic oxidation sites excluding steroid dienone is 1. The minimum atomic E-state index is -0.583. The van der Waals surface area contributed by atoms with Crippen LogP contribution in [-0.4, -0.2) is 19.7 Å². The molecule has 0 aliphatic carbocycles. The van der Waals surface area contributed by atoms with E-state index in [9.17, 15) is 4.79 Å². The Labute approximate surface area is 224 Å². The lowest BCUT2D eigenvalue weighted by Crippen LogP contribution is -2.05. The SMILES string of the molecule is C/C(=C1\c2ccc(Cn3c(-c4ccccc4)nc4ccccc43)cc2COc2ccccc21)c1noc(=O)[nH]1. The minimum absolute atomic E-state index is 0.402. The third kappa shape index (κ3) is 4.05. The summed E-state index contributed by atoms with van der Waals surface area (Å²) in [4.78, 5) is 19.4. The molecule has 1 N–H and O–H groups in total. The Morgan fingerprint density at radius 1 is 0.923 bits per heavy atom. The van der Waals surface area contributed by atoms with E-state index in [1.165, 1.54) is 0 Å². The number of nitrogens with one attached hydrogen (secondary N) is 1. The van der Waals surface area contributed by atoms with Crippen LogP contribution in [0.4, 0.5) is 0 Å². The number of nitrogens with zero attached hydrogens (tertiary/aromatic N) is 3. The lowest BCUT2D eigenvalue weighted by Gasteiger charge is -2.15. The summed E-state index contributed by atoms with van der Waals surface area (Å²) in [5.41, 5.74) is 9.04. The number of fused-ring (bicyclic) bond motifs is 3. The highest BCUT2D eigenvalue weighted by Crippen LogP contribution is 2.40. The summed E-state index contributed by atoms with van der Waals surface area (Å²) in [6.07, 6.45) is 0. The number of aromatic amines is 1. The van der Waals surface area contributed by atoms with E-state index >= 15 is 0 Å². The molecular formula is C32H24N4O3. The van der Waals surface area contributed by atoms with Crippen molar-refractivity contribution in [2.24, 2.45) is 0 Å². The first-order chi connectivity index (χ1) is 19.2. The van der Waals surface area contributed by atoms with Gasteiger partial charge in [-0.25, -0.2) is 9.78 Å². The molecule has 4 aromatic carbocycles. The van der Waals surface area contributed by atoms with Gasteiger partial charge in [0.1, 0.15) is 18.2 Å². The molecule has 7 heteroatoms. The summed E-state index contributed by atoms with van der Waals surface area (Å²) in [5.74, 6) is 1.53. The number of imidazole rings is 1. The molecule has 39 heavy (non-hydrogen) atoms. The van der Waals surface area contributed by atoms with E-state index < -0.39 is 5.76 Å². The van der Waals surface area contributed by atoms with Crippen molar-refractivity contribution < 1.29 is 9.26 Å². The van der Waals surface area contributed by atoms with E-state index in [1.54, 1.807) is 0 Å². The second kappa shape index (κ2) is 9.29. The number of aromatic nitrogens is 4. The molecular weight excluding hydrogens is 488 g/mol. The third-order valence-corrected chi connectivity index (χ3v) is 7.18. The highest BCUT2D eigenvalue weighted by Gasteiger charge is 2.23. The molecule has 3 heterocycles. The van der Waals surface area contributed by atoms with Crippen molar-refractivity contribution in [2.45, 2.75) is 20.1 Å². The van der Waals surface area contributed by atoms with Crippen molar-refractivity contribution >= 4 is 22.2 Å². The Morgan fingerprint density at radius 3 is 2.56 bits per heavy atom. The molecule has 0 bridgehead atoms. The zero-order valence-electron chi connectivity index (χ0n) is 21.2. The minimum Gasteiger partial charge on any atom is -0.488 e. The van der Waals surface area contributed by atoms with Crippen molar-refractivity contribution in [3.63, 3.8) is 0 Å². The Hall–Kier alpha value is -5.17. The highest BCUT2D eigenvalue weighted by molar-refractivity contribution is 5.99. The molecule has 1 aliphatic heterocycles. The van der Waals surface area contributed by atoms with E-state index in [1.807, 2.05) is 61.5 Å². The number of rotatable bonds is 4. The fourth-order valence-electron chi connectivity index (χ4n) is 5.35. The first kappa shape index (κ1) is 23.0. The van der Waals surface area contributed by atoms with E-state index in [0.717, 1.165) is 61.6 Å². The molecule has 0 spiro atoms. The van der Waals surface area contributed by atoms with Gasteiger partial charge in [-0.2, -0.15) is 0 Å². The van der Waals surface area contributed by atoms with Gasteiger partial charge in [0.05, 0.1) is 11.0 Å². The summed E-state index contributed by atoms with van der Waals surface area (Å²) in [5, 5.41) is 3.95. The molecule has 0 radical (unpaired) electrons. The van der Waals surface area contributed by atoms with Crippen LogP contribution >= 0.6 is 0 Å². The quantitative estimate of drug-likeness (QED) is 0.300. The standard InChI is InChI=1S/C32H24N4O3/c1-20(30-34-32(37)39-35-30)29-24-16-15-21(17-23(24)19-38-28-14-8-5-11-25(28)29)18-36-27-13-7-6-12-26(27)33-31(36)22-9-3-2-4-10-22/h2-17H,18-19H2,1H3,(H,34,35,37)/b29-20-. The van der Waals surface area contributed by atoms with Gasteiger partial charge in [-0.15, -0.1) is 0 Å². The summed E-state index contributed by atoms with van der Waals surface area (Å²) in [6.45, 7) is 3.01. The van der Waals surface area contributed by atoms with E-state index in [-0.39, 0.29) is 0 Å². The van der Waals surface area contributed by atoms with Gasteiger partial charge >= 0.3 is 5.76 Å². The molecule has 0 fully saturated rings. The van der Waals surface area contributed by atoms with Crippen molar-refractivity contribution in [1.82, 2.24) is 19.7 Å². The van der Waals surface area contributed by atoms with Crippen LogP contribution < -0.4 is 10.5 Å². The summed E-state index contributed by atoms with van der Waals surface area (Å²) in [7, 11) is 0. The molecule has 6 aromatic rings. The van der Waals surface area contributed by atoms with E-state index in [2.05, 4.69) is 57.2 Å². The van der Waals surface area contributed by atoms with Gasteiger partial charge in [0.25, 0.3) is 0 Å². The predicted molar refractivity (Wildman–Crippen MR) is 150 cm³/mol. The van der Waals surface area contributed by atoms with Gasteiger partial charge in [0.2, 0.25) is 0 Å². The number of hydrogen-bond donors (Lipinski definition) is 1. The number of benzene rings is 4. The first-order valence-corrected chi connectivity index (χ1v) is 12.8. The van der Waals surface area contributed by atoms with Gasteiger partial charge in [0.15, 0.2) is 5.82 Å². The number of H-pyrrole nitrogens is 1. The van der Waals surface area contributed by atoms with Gasteiger partial charge in [0, 0.05) is 23.2 Å². The van der Waals surface area contributed by atoms with Crippen molar-refractivity contribution in [3.8, 4) is 17.1 Å². The maximum atomic E-state index is 11.7. The van der Waals surface area contributed by atoms with Gasteiger partial charge in [-0.3, -0.25) is 9.51 Å². The topological polar surface area (TPSA) is 85.9 Å². The van der Waals surface area contributed by atoms with Gasteiger partial charge in [-0.05, 0) is 53.5 Å². The van der Waals surface area contributed by atoms with Crippen LogP contribution in [0.3, 0.4) is 0 Å². The van der Waals surface area contributed by atoms with Gasteiger partial charge in [-0.1, -0.05) is 78.0 Å². The Bertz CT molecular complexity index is 1930. The molecule has 0 unspecified atom stereocenters. The highest BCUT2D eigenvalue weighted by atomic mass is 16.5. The number of para-hydroxylation sites is 3. The van der Waals surface area contributed by atoms with E-state index in [0.29, 0.717) is 19.0 Å². The molecule has 0 amide bonds. The maximum absolute atomic E-state index is 11.7. The first-order valence-electron chi connectivity index (χ1n) is 12.8. The van der Waals surface area contributed by atoms with Crippen LogP contribution in [0, 0.1) is 0 Å². The van der Waals surface area contributed by atoms with Crippen molar-refractivity contribution in [1.29, 1.82) is 0 Å². The summed E-state index contributed by atoms with van der Waals surface area (Å²) < 4.78 is 13.4. The predicted octanol–water partition coefficient (Wildman–Crippen LogP) is 6.30. The zero-order chi connectivity index (χ0) is 26.3. The third-order valence-electron chi connectivity index (χ3n) is 7.18. The maximum Gasteiger partial charge on any atom is 0.439 e. The monoisotopic (exact) mass is 512 g/mol. The molecule has 1 aliphatic rings. The summed E-state index contributed by atoms with van der Waals surface area (Å²) >= 11 is 0. The Balaban J connectivity index is 1.36. The average molecular weight is 513 g/mol. The fourth-order valence-corrected chi connectivity index (χ4v) is 5.35.